The van der Waals surface area contributed by atoms with Gasteiger partial charge in [-0.15, -0.1) is 10.2 Å². The monoisotopic (exact) mass is 476 g/mol. The van der Waals surface area contributed by atoms with Crippen molar-refractivity contribution in [3.63, 3.8) is 0 Å². The van der Waals surface area contributed by atoms with Gasteiger partial charge in [0.25, 0.3) is 5.91 Å². The van der Waals surface area contributed by atoms with Crippen LogP contribution in [-0.4, -0.2) is 61.8 Å². The van der Waals surface area contributed by atoms with Crippen molar-refractivity contribution in [2.24, 2.45) is 0 Å². The fourth-order valence-corrected chi connectivity index (χ4v) is 4.71. The van der Waals surface area contributed by atoms with Crippen LogP contribution in [0.4, 0.5) is 5.82 Å². The van der Waals surface area contributed by atoms with Gasteiger partial charge in [-0.05, 0) is 54.7 Å². The second kappa shape index (κ2) is 9.83. The van der Waals surface area contributed by atoms with Gasteiger partial charge in [-0.25, -0.2) is 4.98 Å². The largest absolute Gasteiger partial charge is 0.496 e. The van der Waals surface area contributed by atoms with Crippen molar-refractivity contribution in [3.05, 3.63) is 52.8 Å². The van der Waals surface area contributed by atoms with Crippen molar-refractivity contribution >= 4 is 17.6 Å². The summed E-state index contributed by atoms with van der Waals surface area (Å²) in [5.41, 5.74) is 2.96. The molecule has 35 heavy (non-hydrogen) atoms. The lowest BCUT2D eigenvalue weighted by Crippen LogP contribution is -2.36. The summed E-state index contributed by atoms with van der Waals surface area (Å²) in [6, 6.07) is 9.07. The molecule has 182 valence electrons. The smallest absolute Gasteiger partial charge is 0.260 e. The predicted octanol–water partition coefficient (Wildman–Crippen LogP) is 2.20. The number of hydrogen-bond donors (Lipinski definition) is 2. The quantitative estimate of drug-likeness (QED) is 0.559. The maximum absolute atomic E-state index is 13.3. The third-order valence-corrected chi connectivity index (χ3v) is 6.54. The average molecular weight is 477 g/mol. The molecule has 2 aliphatic heterocycles. The first-order chi connectivity index (χ1) is 17.1. The molecule has 0 atom stereocenters. The summed E-state index contributed by atoms with van der Waals surface area (Å²) in [7, 11) is 1.53. The lowest BCUT2D eigenvalue weighted by Gasteiger charge is -2.29. The van der Waals surface area contributed by atoms with E-state index < -0.39 is 0 Å². The van der Waals surface area contributed by atoms with E-state index in [1.54, 1.807) is 17.0 Å². The Kier molecular flexibility index (Phi) is 6.45. The van der Waals surface area contributed by atoms with Crippen LogP contribution in [-0.2, 0) is 30.7 Å². The number of carbonyl (C=O) groups excluding carboxylic acids is 2. The van der Waals surface area contributed by atoms with Gasteiger partial charge >= 0.3 is 0 Å². The molecule has 0 radical (unpaired) electrons. The van der Waals surface area contributed by atoms with Gasteiger partial charge in [-0.1, -0.05) is 6.07 Å². The predicted molar refractivity (Wildman–Crippen MR) is 128 cm³/mol. The van der Waals surface area contributed by atoms with E-state index in [4.69, 9.17) is 9.84 Å². The second-order valence-corrected chi connectivity index (χ2v) is 8.77. The number of aliphatic hydroxyl groups excluding tert-OH is 1. The number of nitrogens with one attached hydrogen (secondary N) is 1. The maximum Gasteiger partial charge on any atom is 0.260 e. The first kappa shape index (κ1) is 23.0. The normalized spacial score (nSPS) is 14.7. The molecule has 2 amide bonds. The van der Waals surface area contributed by atoms with Crippen LogP contribution in [0.25, 0.3) is 11.5 Å². The van der Waals surface area contributed by atoms with Crippen LogP contribution >= 0.6 is 0 Å². The molecular formula is C25H28N6O4. The summed E-state index contributed by atoms with van der Waals surface area (Å²) in [5, 5.41) is 20.6. The molecule has 5 rings (SSSR count). The summed E-state index contributed by atoms with van der Waals surface area (Å²) < 4.78 is 7.60. The summed E-state index contributed by atoms with van der Waals surface area (Å²) in [6.07, 6.45) is 3.85. The molecule has 0 spiro atoms. The van der Waals surface area contributed by atoms with Crippen LogP contribution in [0, 0.1) is 0 Å². The minimum absolute atomic E-state index is 0.0933. The van der Waals surface area contributed by atoms with E-state index >= 15 is 0 Å². The first-order valence-corrected chi connectivity index (χ1v) is 11.9. The fraction of sp³-hybridized carbons (Fsp3) is 0.400. The highest BCUT2D eigenvalue weighted by molar-refractivity contribution is 6.06. The Balaban J connectivity index is 1.38. The third-order valence-electron chi connectivity index (χ3n) is 6.54. The minimum atomic E-state index is -0.351. The summed E-state index contributed by atoms with van der Waals surface area (Å²) in [6.45, 7) is 1.65. The number of aliphatic hydroxyl groups is 1. The highest BCUT2D eigenvalue weighted by Crippen LogP contribution is 2.29. The topological polar surface area (TPSA) is 122 Å². The number of methoxy groups -OCH3 is 1. The van der Waals surface area contributed by atoms with Crippen molar-refractivity contribution in [1.82, 2.24) is 24.6 Å². The molecule has 1 aromatic carbocycles. The Bertz CT molecular complexity index is 1270. The Labute approximate surface area is 203 Å². The van der Waals surface area contributed by atoms with E-state index in [0.717, 1.165) is 42.8 Å². The van der Waals surface area contributed by atoms with E-state index in [0.29, 0.717) is 48.2 Å². The molecule has 0 unspecified atom stereocenters. The fourth-order valence-electron chi connectivity index (χ4n) is 4.71. The number of ether oxygens (including phenoxy) is 1. The summed E-state index contributed by atoms with van der Waals surface area (Å²) >= 11 is 0. The van der Waals surface area contributed by atoms with Crippen LogP contribution < -0.4 is 10.1 Å². The highest BCUT2D eigenvalue weighted by atomic mass is 16.5. The molecule has 0 saturated carbocycles. The summed E-state index contributed by atoms with van der Waals surface area (Å²) in [4.78, 5) is 31.8. The zero-order chi connectivity index (χ0) is 24.4. The van der Waals surface area contributed by atoms with Gasteiger partial charge in [0.15, 0.2) is 5.82 Å². The van der Waals surface area contributed by atoms with E-state index in [2.05, 4.69) is 25.1 Å². The average Bonchev–Trinajstić information content (AvgIpc) is 3.32. The molecule has 0 saturated heterocycles. The van der Waals surface area contributed by atoms with Crippen LogP contribution in [0.5, 0.6) is 5.75 Å². The van der Waals surface area contributed by atoms with Gasteiger partial charge in [0, 0.05) is 32.5 Å². The van der Waals surface area contributed by atoms with Crippen molar-refractivity contribution in [3.8, 4) is 17.3 Å². The van der Waals surface area contributed by atoms with Gasteiger partial charge in [0.05, 0.1) is 19.3 Å². The van der Waals surface area contributed by atoms with Crippen molar-refractivity contribution in [2.45, 2.75) is 45.2 Å². The lowest BCUT2D eigenvalue weighted by atomic mass is 9.96. The first-order valence-electron chi connectivity index (χ1n) is 11.9. The van der Waals surface area contributed by atoms with E-state index in [-0.39, 0.29) is 24.8 Å². The van der Waals surface area contributed by atoms with Crippen molar-refractivity contribution in [1.29, 1.82) is 0 Å². The van der Waals surface area contributed by atoms with Crippen molar-refractivity contribution in [2.75, 3.05) is 25.6 Å². The van der Waals surface area contributed by atoms with E-state index in [1.165, 1.54) is 7.11 Å². The van der Waals surface area contributed by atoms with Crippen LogP contribution in [0.15, 0.2) is 30.3 Å². The SMILES string of the molecule is COc1cc2c(cc1C(=O)Nc1cccc(-c3nnc4n3CCCC4)n1)CN(C(=O)CCO)CC2. The maximum atomic E-state index is 13.3. The molecular weight excluding hydrogens is 448 g/mol. The number of benzene rings is 1. The molecule has 10 nitrogen and oxygen atoms in total. The molecule has 10 heteroatoms. The van der Waals surface area contributed by atoms with Gasteiger partial charge in [-0.3, -0.25) is 9.59 Å². The van der Waals surface area contributed by atoms with Gasteiger partial charge < -0.3 is 24.6 Å². The number of hydrogen-bond acceptors (Lipinski definition) is 7. The minimum Gasteiger partial charge on any atom is -0.496 e. The summed E-state index contributed by atoms with van der Waals surface area (Å²) in [5.74, 6) is 2.09. The number of anilines is 1. The second-order valence-electron chi connectivity index (χ2n) is 8.77. The van der Waals surface area contributed by atoms with Crippen LogP contribution in [0.1, 0.15) is 46.6 Å². The van der Waals surface area contributed by atoms with E-state index in [1.807, 2.05) is 18.2 Å². The number of carbonyl (C=O) groups is 2. The van der Waals surface area contributed by atoms with Crippen LogP contribution in [0.3, 0.4) is 0 Å². The molecule has 0 aliphatic carbocycles. The number of amides is 2. The Morgan fingerprint density at radius 3 is 2.83 bits per heavy atom. The number of nitrogens with zero attached hydrogens (tertiary/aromatic N) is 5. The Hall–Kier alpha value is -3.79. The zero-order valence-electron chi connectivity index (χ0n) is 19.7. The number of rotatable bonds is 6. The molecule has 0 fully saturated rings. The third kappa shape index (κ3) is 4.61. The number of aryl methyl sites for hydroxylation is 1. The van der Waals surface area contributed by atoms with Crippen LogP contribution in [0.2, 0.25) is 0 Å². The molecule has 2 aromatic heterocycles. The number of aromatic nitrogens is 4. The molecule has 4 heterocycles. The molecule has 0 bridgehead atoms. The van der Waals surface area contributed by atoms with Crippen molar-refractivity contribution < 1.29 is 19.4 Å². The Morgan fingerprint density at radius 1 is 1.11 bits per heavy atom. The van der Waals surface area contributed by atoms with Gasteiger partial charge in [0.2, 0.25) is 5.91 Å². The van der Waals surface area contributed by atoms with Gasteiger partial charge in [-0.2, -0.15) is 0 Å². The molecule has 3 aromatic rings. The van der Waals surface area contributed by atoms with E-state index in [9.17, 15) is 9.59 Å². The highest BCUT2D eigenvalue weighted by Gasteiger charge is 2.24. The Morgan fingerprint density at radius 2 is 2.00 bits per heavy atom. The number of fused-ring (bicyclic) bond motifs is 2. The zero-order valence-corrected chi connectivity index (χ0v) is 19.7. The molecule has 2 N–H and O–H groups in total. The number of pyridine rings is 1. The lowest BCUT2D eigenvalue weighted by molar-refractivity contribution is -0.132. The standard InChI is InChI=1S/C25H28N6O4/c1-35-20-14-16-8-11-30(23(33)9-12-32)15-17(16)13-18(20)25(34)27-21-6-4-5-19(26-21)24-29-28-22-7-2-3-10-31(22)24/h4-6,13-14,32H,2-3,7-12,15H2,1H3,(H,26,27,34). The van der Waals surface area contributed by atoms with Gasteiger partial charge in [0.1, 0.15) is 23.1 Å². The molecule has 2 aliphatic rings.